The van der Waals surface area contributed by atoms with Crippen LogP contribution in [0.15, 0.2) is 30.6 Å². The molecule has 0 spiro atoms. The van der Waals surface area contributed by atoms with Crippen molar-refractivity contribution in [2.75, 3.05) is 12.4 Å². The number of nitro groups is 1. The van der Waals surface area contributed by atoms with E-state index < -0.39 is 4.92 Å². The largest absolute Gasteiger partial charge is 0.490 e. The summed E-state index contributed by atoms with van der Waals surface area (Å²) in [6.07, 6.45) is 3.54. The first-order valence-electron chi connectivity index (χ1n) is 5.64. The Morgan fingerprint density at radius 2 is 2.32 bits per heavy atom. The first-order chi connectivity index (χ1) is 9.11. The summed E-state index contributed by atoms with van der Waals surface area (Å²) < 4.78 is 6.83. The van der Waals surface area contributed by atoms with E-state index in [-0.39, 0.29) is 11.4 Å². The molecule has 0 saturated carbocycles. The topological polar surface area (TPSA) is 82.2 Å². The lowest BCUT2D eigenvalue weighted by molar-refractivity contribution is -0.385. The number of aromatic nitrogens is 2. The molecule has 1 aromatic carbocycles. The first kappa shape index (κ1) is 12.9. The second kappa shape index (κ2) is 5.38. The summed E-state index contributed by atoms with van der Waals surface area (Å²) in [7, 11) is 3.30. The van der Waals surface area contributed by atoms with Crippen LogP contribution in [0.5, 0.6) is 5.75 Å². The molecule has 2 aromatic rings. The Morgan fingerprint density at radius 3 is 2.89 bits per heavy atom. The van der Waals surface area contributed by atoms with Crippen LogP contribution in [0.4, 0.5) is 11.4 Å². The highest BCUT2D eigenvalue weighted by Crippen LogP contribution is 2.29. The van der Waals surface area contributed by atoms with Crippen molar-refractivity contribution >= 4 is 11.4 Å². The van der Waals surface area contributed by atoms with Gasteiger partial charge >= 0.3 is 5.69 Å². The molecule has 0 amide bonds. The van der Waals surface area contributed by atoms with Gasteiger partial charge in [0, 0.05) is 31.2 Å². The van der Waals surface area contributed by atoms with E-state index >= 15 is 0 Å². The number of nitrogens with zero attached hydrogens (tertiary/aromatic N) is 3. The highest BCUT2D eigenvalue weighted by atomic mass is 16.6. The Morgan fingerprint density at radius 1 is 1.53 bits per heavy atom. The van der Waals surface area contributed by atoms with Crippen LogP contribution >= 0.6 is 0 Å². The number of imidazole rings is 1. The highest BCUT2D eigenvalue weighted by Gasteiger charge is 2.15. The van der Waals surface area contributed by atoms with Gasteiger partial charge in [-0.05, 0) is 12.1 Å². The maximum atomic E-state index is 10.9. The average molecular weight is 262 g/mol. The minimum atomic E-state index is -0.467. The molecule has 7 heteroatoms. The summed E-state index contributed by atoms with van der Waals surface area (Å²) in [6, 6.07) is 4.75. The van der Waals surface area contributed by atoms with Crippen molar-refractivity contribution in [2.24, 2.45) is 7.05 Å². The van der Waals surface area contributed by atoms with Gasteiger partial charge in [-0.1, -0.05) is 0 Å². The molecule has 0 atom stereocenters. The molecule has 0 unspecified atom stereocenters. The molecule has 7 nitrogen and oxygen atoms in total. The minimum absolute atomic E-state index is 0.0626. The Hall–Kier alpha value is -2.57. The maximum absolute atomic E-state index is 10.9. The maximum Gasteiger partial charge on any atom is 0.312 e. The number of hydrogen-bond acceptors (Lipinski definition) is 5. The molecule has 1 aromatic heterocycles. The minimum Gasteiger partial charge on any atom is -0.490 e. The average Bonchev–Trinajstić information content (AvgIpc) is 2.81. The normalized spacial score (nSPS) is 10.2. The number of nitrogens with one attached hydrogen (secondary N) is 1. The van der Waals surface area contributed by atoms with E-state index in [1.807, 2.05) is 17.8 Å². The monoisotopic (exact) mass is 262 g/mol. The zero-order chi connectivity index (χ0) is 13.8. The van der Waals surface area contributed by atoms with Gasteiger partial charge in [0.1, 0.15) is 5.82 Å². The number of anilines is 1. The van der Waals surface area contributed by atoms with E-state index in [2.05, 4.69) is 10.3 Å². The molecule has 0 radical (unpaired) electrons. The lowest BCUT2D eigenvalue weighted by Gasteiger charge is -2.08. The van der Waals surface area contributed by atoms with E-state index in [1.54, 1.807) is 18.3 Å². The fourth-order valence-corrected chi connectivity index (χ4v) is 1.69. The molecule has 0 bridgehead atoms. The van der Waals surface area contributed by atoms with Crippen molar-refractivity contribution in [3.05, 3.63) is 46.5 Å². The Labute approximate surface area is 110 Å². The predicted molar refractivity (Wildman–Crippen MR) is 70.2 cm³/mol. The molecule has 1 N–H and O–H groups in total. The van der Waals surface area contributed by atoms with E-state index in [9.17, 15) is 10.1 Å². The van der Waals surface area contributed by atoms with Crippen LogP contribution in [-0.4, -0.2) is 21.6 Å². The Kier molecular flexibility index (Phi) is 3.65. The molecule has 0 fully saturated rings. The van der Waals surface area contributed by atoms with Gasteiger partial charge in [-0.25, -0.2) is 4.98 Å². The fourth-order valence-electron chi connectivity index (χ4n) is 1.69. The summed E-state index contributed by atoms with van der Waals surface area (Å²) in [5, 5.41) is 14.0. The van der Waals surface area contributed by atoms with Crippen molar-refractivity contribution in [2.45, 2.75) is 6.54 Å². The second-order valence-corrected chi connectivity index (χ2v) is 3.95. The van der Waals surface area contributed by atoms with E-state index in [1.165, 1.54) is 13.2 Å². The van der Waals surface area contributed by atoms with E-state index in [4.69, 9.17) is 4.74 Å². The van der Waals surface area contributed by atoms with Crippen LogP contribution < -0.4 is 10.1 Å². The van der Waals surface area contributed by atoms with Crippen molar-refractivity contribution in [1.29, 1.82) is 0 Å². The fraction of sp³-hybridized carbons (Fsp3) is 0.250. The molecule has 0 aliphatic rings. The summed E-state index contributed by atoms with van der Waals surface area (Å²) in [5.74, 6) is 1.09. The molecule has 0 aliphatic heterocycles. The standard InChI is InChI=1S/C12H14N4O3/c1-15-6-5-13-12(15)8-14-9-3-4-11(19-2)10(7-9)16(17)18/h3-7,14H,8H2,1-2H3. The third kappa shape index (κ3) is 2.82. The first-order valence-corrected chi connectivity index (χ1v) is 5.64. The zero-order valence-electron chi connectivity index (χ0n) is 10.7. The van der Waals surface area contributed by atoms with E-state index in [0.29, 0.717) is 12.2 Å². The van der Waals surface area contributed by atoms with Gasteiger partial charge in [-0.3, -0.25) is 10.1 Å². The van der Waals surface area contributed by atoms with Crippen molar-refractivity contribution < 1.29 is 9.66 Å². The number of rotatable bonds is 5. The zero-order valence-corrected chi connectivity index (χ0v) is 10.7. The van der Waals surface area contributed by atoms with Crippen molar-refractivity contribution in [1.82, 2.24) is 9.55 Å². The van der Waals surface area contributed by atoms with Crippen LogP contribution in [0, 0.1) is 10.1 Å². The van der Waals surface area contributed by atoms with Gasteiger partial charge in [0.15, 0.2) is 5.75 Å². The van der Waals surface area contributed by atoms with Gasteiger partial charge in [-0.2, -0.15) is 0 Å². The number of aryl methyl sites for hydroxylation is 1. The molecular weight excluding hydrogens is 248 g/mol. The summed E-state index contributed by atoms with van der Waals surface area (Å²) in [5.41, 5.74) is 0.586. The molecule has 0 saturated heterocycles. The third-order valence-electron chi connectivity index (χ3n) is 2.75. The van der Waals surface area contributed by atoms with Crippen molar-refractivity contribution in [3.63, 3.8) is 0 Å². The Balaban J connectivity index is 2.15. The summed E-state index contributed by atoms with van der Waals surface area (Å²) >= 11 is 0. The van der Waals surface area contributed by atoms with Crippen LogP contribution in [0.2, 0.25) is 0 Å². The molecule has 0 aliphatic carbocycles. The van der Waals surface area contributed by atoms with Crippen molar-refractivity contribution in [3.8, 4) is 5.75 Å². The van der Waals surface area contributed by atoms with Gasteiger partial charge in [-0.15, -0.1) is 0 Å². The number of hydrogen-bond donors (Lipinski definition) is 1. The Bertz CT molecular complexity index is 594. The molecular formula is C12H14N4O3. The predicted octanol–water partition coefficient (Wildman–Crippen LogP) is 1.95. The highest BCUT2D eigenvalue weighted by molar-refractivity contribution is 5.58. The number of ether oxygens (including phenoxy) is 1. The van der Waals surface area contributed by atoms with Crippen LogP contribution in [0.1, 0.15) is 5.82 Å². The van der Waals surface area contributed by atoms with Crippen LogP contribution in [0.3, 0.4) is 0 Å². The molecule has 1 heterocycles. The second-order valence-electron chi connectivity index (χ2n) is 3.95. The molecule has 100 valence electrons. The van der Waals surface area contributed by atoms with Crippen LogP contribution in [-0.2, 0) is 13.6 Å². The molecule has 2 rings (SSSR count). The van der Waals surface area contributed by atoms with Gasteiger partial charge in [0.25, 0.3) is 0 Å². The quantitative estimate of drug-likeness (QED) is 0.657. The number of nitro benzene ring substituents is 1. The van der Waals surface area contributed by atoms with Gasteiger partial charge in [0.05, 0.1) is 18.6 Å². The molecule has 19 heavy (non-hydrogen) atoms. The number of benzene rings is 1. The lowest BCUT2D eigenvalue weighted by Crippen LogP contribution is -2.06. The number of methoxy groups -OCH3 is 1. The SMILES string of the molecule is COc1ccc(NCc2nccn2C)cc1[N+](=O)[O-]. The van der Waals surface area contributed by atoms with E-state index in [0.717, 1.165) is 5.82 Å². The lowest BCUT2D eigenvalue weighted by atomic mass is 10.2. The van der Waals surface area contributed by atoms with Gasteiger partial charge < -0.3 is 14.6 Å². The summed E-state index contributed by atoms with van der Waals surface area (Å²) in [6.45, 7) is 0.493. The van der Waals surface area contributed by atoms with Crippen LogP contribution in [0.25, 0.3) is 0 Å². The third-order valence-corrected chi connectivity index (χ3v) is 2.75. The van der Waals surface area contributed by atoms with Gasteiger partial charge in [0.2, 0.25) is 0 Å². The summed E-state index contributed by atoms with van der Waals surface area (Å²) in [4.78, 5) is 14.6. The smallest absolute Gasteiger partial charge is 0.312 e.